The van der Waals surface area contributed by atoms with Crippen molar-refractivity contribution in [1.82, 2.24) is 0 Å². The molecule has 3 saturated heterocycles. The monoisotopic (exact) mass is 364 g/mol. The van der Waals surface area contributed by atoms with Crippen molar-refractivity contribution in [3.63, 3.8) is 0 Å². The highest BCUT2D eigenvalue weighted by Gasteiger charge is 2.60. The number of esters is 1. The molecule has 142 valence electrons. The van der Waals surface area contributed by atoms with E-state index in [0.717, 1.165) is 0 Å². The second-order valence-corrected chi connectivity index (χ2v) is 7.67. The number of hydrogen-bond donors (Lipinski definition) is 0. The van der Waals surface area contributed by atoms with E-state index in [2.05, 4.69) is 0 Å². The van der Waals surface area contributed by atoms with Crippen LogP contribution in [0.25, 0.3) is 0 Å². The lowest BCUT2D eigenvalue weighted by Gasteiger charge is -2.36. The van der Waals surface area contributed by atoms with Gasteiger partial charge in [0.25, 0.3) is 0 Å². The van der Waals surface area contributed by atoms with E-state index in [1.165, 1.54) is 0 Å². The molecule has 0 N–H and O–H groups in total. The fraction of sp³-hybridized carbons (Fsp3) is 0.632. The van der Waals surface area contributed by atoms with Gasteiger partial charge < -0.3 is 28.4 Å². The van der Waals surface area contributed by atoms with Gasteiger partial charge in [0.15, 0.2) is 17.9 Å². The summed E-state index contributed by atoms with van der Waals surface area (Å²) in [5, 5.41) is 0. The van der Waals surface area contributed by atoms with Gasteiger partial charge in [-0.1, -0.05) is 18.2 Å². The third kappa shape index (κ3) is 3.37. The molecule has 0 amide bonds. The first-order valence-electron chi connectivity index (χ1n) is 8.83. The highest BCUT2D eigenvalue weighted by Crippen LogP contribution is 2.44. The van der Waals surface area contributed by atoms with Crippen LogP contribution in [0, 0.1) is 0 Å². The number of benzene rings is 1. The van der Waals surface area contributed by atoms with E-state index >= 15 is 0 Å². The summed E-state index contributed by atoms with van der Waals surface area (Å²) in [6.07, 6.45) is -2.26. The Morgan fingerprint density at radius 3 is 2.27 bits per heavy atom. The molecule has 3 fully saturated rings. The highest BCUT2D eigenvalue weighted by atomic mass is 16.9. The van der Waals surface area contributed by atoms with E-state index in [4.69, 9.17) is 28.4 Å². The van der Waals surface area contributed by atoms with Crippen LogP contribution < -0.4 is 0 Å². The molecule has 3 aliphatic rings. The third-order valence-electron chi connectivity index (χ3n) is 4.64. The number of carbonyl (C=O) groups excluding carboxylic acids is 1. The molecule has 1 aromatic rings. The highest BCUT2D eigenvalue weighted by molar-refractivity contribution is 5.89. The molecule has 0 bridgehead atoms. The molecule has 26 heavy (non-hydrogen) atoms. The standard InChI is InChI=1S/C19H24O7/c1-18(2)23-13-12(10-21-16(20)11-8-6-5-7-9-11)22-17-15(14(13)24-18)25-19(3,4)26-17/h5-9,12-15,17H,10H2,1-4H3/t12-,13+,14+,15-,17-/m1/s1. The first kappa shape index (κ1) is 17.9. The lowest BCUT2D eigenvalue weighted by atomic mass is 9.99. The van der Waals surface area contributed by atoms with E-state index in [-0.39, 0.29) is 12.7 Å². The molecule has 0 radical (unpaired) electrons. The molecule has 4 rings (SSSR count). The van der Waals surface area contributed by atoms with Crippen molar-refractivity contribution in [3.05, 3.63) is 35.9 Å². The first-order chi connectivity index (χ1) is 12.2. The van der Waals surface area contributed by atoms with Crippen LogP contribution in [0.15, 0.2) is 30.3 Å². The van der Waals surface area contributed by atoms with E-state index in [0.29, 0.717) is 5.56 Å². The van der Waals surface area contributed by atoms with Crippen molar-refractivity contribution in [2.24, 2.45) is 0 Å². The minimum absolute atomic E-state index is 0.0430. The van der Waals surface area contributed by atoms with Gasteiger partial charge >= 0.3 is 5.97 Å². The summed E-state index contributed by atoms with van der Waals surface area (Å²) in [6.45, 7) is 7.38. The van der Waals surface area contributed by atoms with Crippen LogP contribution in [0.5, 0.6) is 0 Å². The van der Waals surface area contributed by atoms with Crippen LogP contribution in [0.3, 0.4) is 0 Å². The predicted molar refractivity (Wildman–Crippen MR) is 89.2 cm³/mol. The summed E-state index contributed by atoms with van der Waals surface area (Å²) in [5.74, 6) is -1.95. The summed E-state index contributed by atoms with van der Waals surface area (Å²) < 4.78 is 35.3. The maximum atomic E-state index is 12.2. The van der Waals surface area contributed by atoms with Crippen molar-refractivity contribution in [3.8, 4) is 0 Å². The minimum atomic E-state index is -0.772. The van der Waals surface area contributed by atoms with E-state index in [1.54, 1.807) is 24.3 Å². The van der Waals surface area contributed by atoms with Crippen molar-refractivity contribution in [2.75, 3.05) is 6.61 Å². The molecule has 0 unspecified atom stereocenters. The Hall–Kier alpha value is -1.51. The number of ether oxygens (including phenoxy) is 6. The van der Waals surface area contributed by atoms with Crippen LogP contribution in [0.1, 0.15) is 38.1 Å². The Bertz CT molecular complexity index is 672. The fourth-order valence-corrected chi connectivity index (χ4v) is 3.64. The molecule has 5 atom stereocenters. The molecule has 1 aromatic carbocycles. The second-order valence-electron chi connectivity index (χ2n) is 7.67. The summed E-state index contributed by atoms with van der Waals surface area (Å²) in [5.41, 5.74) is 0.489. The summed E-state index contributed by atoms with van der Waals surface area (Å²) in [7, 11) is 0. The lowest BCUT2D eigenvalue weighted by molar-refractivity contribution is -0.240. The van der Waals surface area contributed by atoms with Crippen molar-refractivity contribution >= 4 is 5.97 Å². The van der Waals surface area contributed by atoms with Crippen LogP contribution >= 0.6 is 0 Å². The third-order valence-corrected chi connectivity index (χ3v) is 4.64. The van der Waals surface area contributed by atoms with Gasteiger partial charge in [-0.25, -0.2) is 4.79 Å². The zero-order valence-electron chi connectivity index (χ0n) is 15.3. The van der Waals surface area contributed by atoms with Gasteiger partial charge in [0, 0.05) is 0 Å². The Balaban J connectivity index is 1.48. The Kier molecular flexibility index (Phi) is 4.32. The quantitative estimate of drug-likeness (QED) is 0.762. The van der Waals surface area contributed by atoms with Crippen LogP contribution in [-0.2, 0) is 28.4 Å². The summed E-state index contributed by atoms with van der Waals surface area (Å²) in [4.78, 5) is 12.2. The van der Waals surface area contributed by atoms with Crippen LogP contribution in [-0.4, -0.2) is 54.9 Å². The van der Waals surface area contributed by atoms with Gasteiger partial charge in [0.05, 0.1) is 5.56 Å². The Morgan fingerprint density at radius 1 is 0.923 bits per heavy atom. The minimum Gasteiger partial charge on any atom is -0.459 e. The van der Waals surface area contributed by atoms with E-state index in [1.807, 2.05) is 33.8 Å². The van der Waals surface area contributed by atoms with Gasteiger partial charge in [-0.05, 0) is 39.8 Å². The Morgan fingerprint density at radius 2 is 1.54 bits per heavy atom. The van der Waals surface area contributed by atoms with Crippen molar-refractivity contribution in [2.45, 2.75) is 70.0 Å². The fourth-order valence-electron chi connectivity index (χ4n) is 3.64. The van der Waals surface area contributed by atoms with E-state index < -0.39 is 42.1 Å². The normalized spacial score (nSPS) is 37.0. The molecule has 7 heteroatoms. The largest absolute Gasteiger partial charge is 0.459 e. The molecule has 3 heterocycles. The van der Waals surface area contributed by atoms with Gasteiger partial charge in [-0.3, -0.25) is 0 Å². The average Bonchev–Trinajstić information content (AvgIpc) is 3.07. The summed E-state index contributed by atoms with van der Waals surface area (Å²) in [6, 6.07) is 8.83. The second kappa shape index (κ2) is 6.28. The zero-order chi connectivity index (χ0) is 18.5. The van der Waals surface area contributed by atoms with Crippen LogP contribution in [0.2, 0.25) is 0 Å². The molecule has 0 aromatic heterocycles. The number of carbonyl (C=O) groups is 1. The number of fused-ring (bicyclic) bond motifs is 3. The number of hydrogen-bond acceptors (Lipinski definition) is 7. The Labute approximate surface area is 152 Å². The SMILES string of the molecule is CC1(C)O[C@H]2[C@@H](O1)[C@@H](COC(=O)c1ccccc1)O[C@@H]1OC(C)(C)O[C@@H]12. The van der Waals surface area contributed by atoms with E-state index in [9.17, 15) is 4.79 Å². The molecule has 3 aliphatic heterocycles. The van der Waals surface area contributed by atoms with Crippen molar-refractivity contribution in [1.29, 1.82) is 0 Å². The molecule has 0 aliphatic carbocycles. The molecule has 0 saturated carbocycles. The molecule has 7 nitrogen and oxygen atoms in total. The smallest absolute Gasteiger partial charge is 0.338 e. The lowest BCUT2D eigenvalue weighted by Crippen LogP contribution is -2.56. The molecular formula is C19H24O7. The zero-order valence-corrected chi connectivity index (χ0v) is 15.3. The maximum absolute atomic E-state index is 12.2. The number of rotatable bonds is 3. The molecule has 0 spiro atoms. The van der Waals surface area contributed by atoms with Gasteiger partial charge in [-0.2, -0.15) is 0 Å². The van der Waals surface area contributed by atoms with Gasteiger partial charge in [0.2, 0.25) is 0 Å². The topological polar surface area (TPSA) is 72.5 Å². The summed E-state index contributed by atoms with van der Waals surface area (Å²) >= 11 is 0. The maximum Gasteiger partial charge on any atom is 0.338 e. The predicted octanol–water partition coefficient (Wildman–Crippen LogP) is 2.24. The average molecular weight is 364 g/mol. The van der Waals surface area contributed by atoms with Crippen LogP contribution in [0.4, 0.5) is 0 Å². The molecular weight excluding hydrogens is 340 g/mol. The van der Waals surface area contributed by atoms with Crippen molar-refractivity contribution < 1.29 is 33.2 Å². The van der Waals surface area contributed by atoms with Gasteiger partial charge in [0.1, 0.15) is 31.0 Å². The first-order valence-corrected chi connectivity index (χ1v) is 8.83. The van der Waals surface area contributed by atoms with Gasteiger partial charge in [-0.15, -0.1) is 0 Å².